The minimum Gasteiger partial charge on any atom is -0.480 e. The van der Waals surface area contributed by atoms with Gasteiger partial charge in [-0.25, -0.2) is 9.59 Å². The molecule has 5 heteroatoms. The van der Waals surface area contributed by atoms with E-state index in [1.807, 2.05) is 13.8 Å². The minimum absolute atomic E-state index is 0.352. The number of carboxylic acids is 1. The number of nitrogens with zero attached hydrogens (tertiary/aromatic N) is 1. The van der Waals surface area contributed by atoms with E-state index in [-0.39, 0.29) is 6.03 Å². The Bertz CT molecular complexity index is 305. The highest BCUT2D eigenvalue weighted by atomic mass is 16.4. The number of hydrogen-bond acceptors (Lipinski definition) is 2. The number of carboxylic acid groups (broad SMARTS) is 1. The van der Waals surface area contributed by atoms with Gasteiger partial charge in [-0.3, -0.25) is 0 Å². The summed E-state index contributed by atoms with van der Waals surface area (Å²) >= 11 is 0. The quantitative estimate of drug-likeness (QED) is 0.654. The molecule has 2 amide bonds. The highest BCUT2D eigenvalue weighted by Gasteiger charge is 2.34. The molecule has 1 atom stereocenters. The second-order valence-electron chi connectivity index (χ2n) is 4.55. The number of hydrogen-bond donors (Lipinski definition) is 2. The summed E-state index contributed by atoms with van der Waals surface area (Å²) in [7, 11) is 0. The summed E-state index contributed by atoms with van der Waals surface area (Å²) in [4.78, 5) is 24.8. The summed E-state index contributed by atoms with van der Waals surface area (Å²) in [6.07, 6.45) is 3.55. The van der Waals surface area contributed by atoms with Crippen LogP contribution in [-0.2, 0) is 4.79 Å². The van der Waals surface area contributed by atoms with Crippen LogP contribution in [0.3, 0.4) is 0 Å². The van der Waals surface area contributed by atoms with E-state index in [9.17, 15) is 14.7 Å². The van der Waals surface area contributed by atoms with Crippen molar-refractivity contribution >= 4 is 12.0 Å². The molecule has 0 saturated heterocycles. The van der Waals surface area contributed by atoms with Gasteiger partial charge in [-0.15, -0.1) is 6.58 Å². The summed E-state index contributed by atoms with van der Waals surface area (Å²) in [5.74, 6) is -1.01. The number of amides is 2. The topological polar surface area (TPSA) is 69.6 Å². The molecule has 0 bridgehead atoms. The van der Waals surface area contributed by atoms with Gasteiger partial charge in [0.2, 0.25) is 0 Å². The molecule has 5 nitrogen and oxygen atoms in total. The van der Waals surface area contributed by atoms with Crippen molar-refractivity contribution in [1.82, 2.24) is 10.2 Å². The predicted octanol–water partition coefficient (Wildman–Crippen LogP) is 2.24. The normalized spacial score (nSPS) is 13.5. The van der Waals surface area contributed by atoms with Crippen molar-refractivity contribution in [2.45, 2.75) is 45.6 Å². The first kappa shape index (κ1) is 16.5. The maximum Gasteiger partial charge on any atom is 0.329 e. The SMILES string of the molecule is C=CCN(CCC)C(=O)NC(C)(CCC)C(=O)O. The van der Waals surface area contributed by atoms with Gasteiger partial charge in [0.15, 0.2) is 0 Å². The van der Waals surface area contributed by atoms with Crippen LogP contribution >= 0.6 is 0 Å². The number of carbonyl (C=O) groups excluding carboxylic acids is 1. The van der Waals surface area contributed by atoms with Gasteiger partial charge >= 0.3 is 12.0 Å². The molecule has 0 aromatic rings. The fraction of sp³-hybridized carbons (Fsp3) is 0.692. The van der Waals surface area contributed by atoms with E-state index in [0.29, 0.717) is 25.9 Å². The fourth-order valence-corrected chi connectivity index (χ4v) is 1.74. The first-order chi connectivity index (χ1) is 8.41. The van der Waals surface area contributed by atoms with Crippen LogP contribution in [-0.4, -0.2) is 40.6 Å². The summed E-state index contributed by atoms with van der Waals surface area (Å²) in [6, 6.07) is -0.352. The Morgan fingerprint density at radius 2 is 2.00 bits per heavy atom. The minimum atomic E-state index is -1.21. The Labute approximate surface area is 109 Å². The van der Waals surface area contributed by atoms with Gasteiger partial charge in [-0.1, -0.05) is 26.3 Å². The van der Waals surface area contributed by atoms with E-state index in [0.717, 1.165) is 6.42 Å². The molecule has 0 spiro atoms. The average molecular weight is 256 g/mol. The van der Waals surface area contributed by atoms with Crippen LogP contribution in [0.5, 0.6) is 0 Å². The molecule has 0 radical (unpaired) electrons. The maximum atomic E-state index is 12.0. The van der Waals surface area contributed by atoms with Crippen LogP contribution in [0.4, 0.5) is 4.79 Å². The summed E-state index contributed by atoms with van der Waals surface area (Å²) in [5.41, 5.74) is -1.21. The van der Waals surface area contributed by atoms with Gasteiger partial charge in [-0.2, -0.15) is 0 Å². The van der Waals surface area contributed by atoms with Crippen molar-refractivity contribution in [3.63, 3.8) is 0 Å². The summed E-state index contributed by atoms with van der Waals surface area (Å²) in [6.45, 7) is 9.99. The van der Waals surface area contributed by atoms with Gasteiger partial charge in [0.1, 0.15) is 5.54 Å². The first-order valence-electron chi connectivity index (χ1n) is 6.32. The van der Waals surface area contributed by atoms with E-state index in [1.165, 1.54) is 6.92 Å². The van der Waals surface area contributed by atoms with Crippen LogP contribution in [0.2, 0.25) is 0 Å². The molecule has 0 aromatic carbocycles. The lowest BCUT2D eigenvalue weighted by Crippen LogP contribution is -2.56. The summed E-state index contributed by atoms with van der Waals surface area (Å²) < 4.78 is 0. The molecular formula is C13H24N2O3. The van der Waals surface area contributed by atoms with E-state index < -0.39 is 11.5 Å². The van der Waals surface area contributed by atoms with Crippen molar-refractivity contribution in [2.75, 3.05) is 13.1 Å². The third kappa shape index (κ3) is 4.77. The number of aliphatic carboxylic acids is 1. The van der Waals surface area contributed by atoms with Gasteiger partial charge < -0.3 is 15.3 Å². The molecule has 0 aliphatic rings. The van der Waals surface area contributed by atoms with Crippen molar-refractivity contribution in [2.24, 2.45) is 0 Å². The van der Waals surface area contributed by atoms with E-state index in [4.69, 9.17) is 0 Å². The lowest BCUT2D eigenvalue weighted by atomic mass is 9.96. The van der Waals surface area contributed by atoms with Gasteiger partial charge in [-0.05, 0) is 19.8 Å². The van der Waals surface area contributed by atoms with Crippen LogP contribution in [0, 0.1) is 0 Å². The molecule has 0 heterocycles. The third-order valence-corrected chi connectivity index (χ3v) is 2.74. The Morgan fingerprint density at radius 1 is 1.39 bits per heavy atom. The molecule has 0 aromatic heterocycles. The highest BCUT2D eigenvalue weighted by molar-refractivity contribution is 5.85. The predicted molar refractivity (Wildman–Crippen MR) is 71.5 cm³/mol. The lowest BCUT2D eigenvalue weighted by Gasteiger charge is -2.30. The number of rotatable bonds is 8. The molecule has 0 aliphatic carbocycles. The fourth-order valence-electron chi connectivity index (χ4n) is 1.74. The Morgan fingerprint density at radius 3 is 2.39 bits per heavy atom. The number of nitrogens with one attached hydrogen (secondary N) is 1. The monoisotopic (exact) mass is 256 g/mol. The zero-order valence-electron chi connectivity index (χ0n) is 11.5. The van der Waals surface area contributed by atoms with Crippen molar-refractivity contribution in [3.8, 4) is 0 Å². The van der Waals surface area contributed by atoms with Gasteiger partial charge in [0, 0.05) is 13.1 Å². The van der Waals surface area contributed by atoms with E-state index in [2.05, 4.69) is 11.9 Å². The Hall–Kier alpha value is -1.52. The van der Waals surface area contributed by atoms with Crippen molar-refractivity contribution < 1.29 is 14.7 Å². The molecule has 0 aliphatic heterocycles. The molecule has 2 N–H and O–H groups in total. The van der Waals surface area contributed by atoms with Gasteiger partial charge in [0.25, 0.3) is 0 Å². The number of carbonyl (C=O) groups is 2. The zero-order valence-corrected chi connectivity index (χ0v) is 11.5. The molecule has 18 heavy (non-hydrogen) atoms. The summed E-state index contributed by atoms with van der Waals surface area (Å²) in [5, 5.41) is 11.8. The molecule has 1 unspecified atom stereocenters. The molecule has 0 saturated carbocycles. The maximum absolute atomic E-state index is 12.0. The van der Waals surface area contributed by atoms with Crippen molar-refractivity contribution in [3.05, 3.63) is 12.7 Å². The molecule has 104 valence electrons. The van der Waals surface area contributed by atoms with Crippen LogP contribution in [0.15, 0.2) is 12.7 Å². The molecule has 0 rings (SSSR count). The van der Waals surface area contributed by atoms with Crippen molar-refractivity contribution in [1.29, 1.82) is 0 Å². The lowest BCUT2D eigenvalue weighted by molar-refractivity contribution is -0.144. The molecular weight excluding hydrogens is 232 g/mol. The van der Waals surface area contributed by atoms with E-state index >= 15 is 0 Å². The second kappa shape index (κ2) is 7.74. The smallest absolute Gasteiger partial charge is 0.329 e. The average Bonchev–Trinajstić information content (AvgIpc) is 2.28. The second-order valence-corrected chi connectivity index (χ2v) is 4.55. The first-order valence-corrected chi connectivity index (χ1v) is 6.32. The zero-order chi connectivity index (χ0) is 14.2. The largest absolute Gasteiger partial charge is 0.480 e. The number of urea groups is 1. The van der Waals surface area contributed by atoms with Crippen LogP contribution in [0.25, 0.3) is 0 Å². The molecule has 0 fully saturated rings. The van der Waals surface area contributed by atoms with Gasteiger partial charge in [0.05, 0.1) is 0 Å². The Kier molecular flexibility index (Phi) is 7.08. The van der Waals surface area contributed by atoms with E-state index in [1.54, 1.807) is 11.0 Å². The Balaban J connectivity index is 4.75. The van der Waals surface area contributed by atoms with Crippen LogP contribution in [0.1, 0.15) is 40.0 Å². The van der Waals surface area contributed by atoms with Crippen LogP contribution < -0.4 is 5.32 Å². The standard InChI is InChI=1S/C13H24N2O3/c1-5-8-13(4,11(16)17)14-12(18)15(9-6-2)10-7-3/h6H,2,5,7-10H2,1,3-4H3,(H,14,18)(H,16,17). The highest BCUT2D eigenvalue weighted by Crippen LogP contribution is 2.13. The third-order valence-electron chi connectivity index (χ3n) is 2.74.